The summed E-state index contributed by atoms with van der Waals surface area (Å²) < 4.78 is 30.2. The van der Waals surface area contributed by atoms with Crippen molar-refractivity contribution in [3.8, 4) is 0 Å². The third-order valence-corrected chi connectivity index (χ3v) is 5.05. The van der Waals surface area contributed by atoms with E-state index < -0.39 is 29.9 Å². The van der Waals surface area contributed by atoms with E-state index in [9.17, 15) is 4.79 Å². The van der Waals surface area contributed by atoms with Gasteiger partial charge in [0.15, 0.2) is 12.1 Å². The Morgan fingerprint density at radius 3 is 2.17 bits per heavy atom. The van der Waals surface area contributed by atoms with Gasteiger partial charge in [0.25, 0.3) is 0 Å². The van der Waals surface area contributed by atoms with Crippen molar-refractivity contribution in [1.82, 2.24) is 0 Å². The van der Waals surface area contributed by atoms with Gasteiger partial charge < -0.3 is 28.5 Å². The molecule has 0 aliphatic carbocycles. The highest BCUT2D eigenvalue weighted by molar-refractivity contribution is 5.58. The minimum Gasteiger partial charge on any atom is -0.371 e. The second kappa shape index (κ2) is 8.34. The second-order valence-corrected chi connectivity index (χ2v) is 7.81. The first-order valence-corrected chi connectivity index (χ1v) is 9.80. The van der Waals surface area contributed by atoms with Gasteiger partial charge in [-0.1, -0.05) is 60.7 Å². The van der Waals surface area contributed by atoms with E-state index >= 15 is 0 Å². The predicted octanol–water partition coefficient (Wildman–Crippen LogP) is 3.23. The van der Waals surface area contributed by atoms with Crippen molar-refractivity contribution in [2.24, 2.45) is 0 Å². The topological polar surface area (TPSA) is 63.2 Å². The Kier molecular flexibility index (Phi) is 5.81. The van der Waals surface area contributed by atoms with Crippen LogP contribution in [0, 0.1) is 0 Å². The number of carbonyl (C=O) groups excluding carboxylic acids is 1. The lowest BCUT2D eigenvalue weighted by Gasteiger charge is -2.27. The van der Waals surface area contributed by atoms with Gasteiger partial charge in [0.1, 0.15) is 24.9 Å². The number of aldehydes is 1. The summed E-state index contributed by atoms with van der Waals surface area (Å²) in [5, 5.41) is 0. The van der Waals surface area contributed by atoms with Crippen LogP contribution < -0.4 is 0 Å². The van der Waals surface area contributed by atoms with Gasteiger partial charge in [-0.15, -0.1) is 0 Å². The molecule has 154 valence electrons. The largest absolute Gasteiger partial charge is 0.371 e. The molecule has 0 bridgehead atoms. The Hall–Kier alpha value is -2.09. The fourth-order valence-corrected chi connectivity index (χ4v) is 3.86. The summed E-state index contributed by atoms with van der Waals surface area (Å²) in [6.07, 6.45) is -1.21. The zero-order chi connectivity index (χ0) is 20.3. The van der Waals surface area contributed by atoms with Crippen LogP contribution in [0.15, 0.2) is 60.7 Å². The van der Waals surface area contributed by atoms with E-state index in [0.29, 0.717) is 13.2 Å². The van der Waals surface area contributed by atoms with Gasteiger partial charge in [-0.25, -0.2) is 0 Å². The zero-order valence-electron chi connectivity index (χ0n) is 16.7. The first-order chi connectivity index (χ1) is 14.0. The van der Waals surface area contributed by atoms with Crippen molar-refractivity contribution < 1.29 is 28.5 Å². The van der Waals surface area contributed by atoms with Crippen LogP contribution in [-0.2, 0) is 41.7 Å². The maximum atomic E-state index is 11.7. The fraction of sp³-hybridized carbons (Fsp3) is 0.435. The van der Waals surface area contributed by atoms with Crippen LogP contribution in [0.25, 0.3) is 0 Å². The van der Waals surface area contributed by atoms with Crippen LogP contribution in [-0.4, -0.2) is 42.8 Å². The molecule has 2 aromatic rings. The minimum absolute atomic E-state index is 0.130. The molecule has 4 rings (SSSR count). The Bertz CT molecular complexity index is 809. The maximum Gasteiger partial charge on any atom is 0.225 e. The number of fused-ring (bicyclic) bond motifs is 1. The molecule has 6 heteroatoms. The van der Waals surface area contributed by atoms with Crippen molar-refractivity contribution in [3.63, 3.8) is 0 Å². The van der Waals surface area contributed by atoms with Crippen molar-refractivity contribution in [2.75, 3.05) is 6.61 Å². The number of hydrogen-bond donors (Lipinski definition) is 0. The highest BCUT2D eigenvalue weighted by Gasteiger charge is 2.65. The molecule has 6 nitrogen and oxygen atoms in total. The van der Waals surface area contributed by atoms with Gasteiger partial charge in [-0.2, -0.15) is 0 Å². The lowest BCUT2D eigenvalue weighted by Crippen LogP contribution is -2.45. The summed E-state index contributed by atoms with van der Waals surface area (Å²) in [4.78, 5) is 11.7. The van der Waals surface area contributed by atoms with E-state index in [1.165, 1.54) is 0 Å². The molecule has 0 radical (unpaired) electrons. The molecule has 2 fully saturated rings. The summed E-state index contributed by atoms with van der Waals surface area (Å²) in [6.45, 7) is 4.52. The molecule has 2 aromatic carbocycles. The number of carbonyl (C=O) groups is 1. The molecule has 0 unspecified atom stereocenters. The summed E-state index contributed by atoms with van der Waals surface area (Å²) >= 11 is 0. The predicted molar refractivity (Wildman–Crippen MR) is 105 cm³/mol. The van der Waals surface area contributed by atoms with E-state index in [1.807, 2.05) is 74.5 Å². The highest BCUT2D eigenvalue weighted by Crippen LogP contribution is 2.46. The van der Waals surface area contributed by atoms with Crippen molar-refractivity contribution in [1.29, 1.82) is 0 Å². The van der Waals surface area contributed by atoms with E-state index in [-0.39, 0.29) is 6.61 Å². The molecule has 2 heterocycles. The summed E-state index contributed by atoms with van der Waals surface area (Å²) in [7, 11) is 0. The van der Waals surface area contributed by atoms with Crippen LogP contribution >= 0.6 is 0 Å². The van der Waals surface area contributed by atoms with Crippen LogP contribution in [0.2, 0.25) is 0 Å². The molecule has 0 amide bonds. The number of rotatable bonds is 8. The lowest BCUT2D eigenvalue weighted by atomic mass is 10.1. The Morgan fingerprint density at radius 2 is 1.55 bits per heavy atom. The molecular formula is C23H26O6. The van der Waals surface area contributed by atoms with Crippen LogP contribution in [0.4, 0.5) is 0 Å². The quantitative estimate of drug-likeness (QED) is 0.636. The van der Waals surface area contributed by atoms with E-state index in [1.54, 1.807) is 0 Å². The van der Waals surface area contributed by atoms with Crippen molar-refractivity contribution in [2.45, 2.75) is 56.9 Å². The minimum atomic E-state index is -1.19. The molecule has 4 atom stereocenters. The van der Waals surface area contributed by atoms with E-state index in [2.05, 4.69) is 0 Å². The number of benzene rings is 2. The van der Waals surface area contributed by atoms with Crippen LogP contribution in [0.1, 0.15) is 25.0 Å². The van der Waals surface area contributed by atoms with Crippen molar-refractivity contribution in [3.05, 3.63) is 71.8 Å². The van der Waals surface area contributed by atoms with Gasteiger partial charge in [-0.05, 0) is 25.0 Å². The Labute approximate surface area is 170 Å². The fourth-order valence-electron chi connectivity index (χ4n) is 3.86. The molecule has 2 saturated heterocycles. The SMILES string of the molecule is CC1(C)O[C@H]2[C@H](OCc3ccccc3)[C@H](C=O)O[C@@]2(COCc2ccccc2)O1. The van der Waals surface area contributed by atoms with E-state index in [4.69, 9.17) is 23.7 Å². The monoisotopic (exact) mass is 398 g/mol. The van der Waals surface area contributed by atoms with E-state index in [0.717, 1.165) is 17.4 Å². The molecule has 2 aliphatic rings. The average molecular weight is 398 g/mol. The first kappa shape index (κ1) is 20.2. The standard InChI is InChI=1S/C23H26O6/c1-22(2)28-21-20(26-15-18-11-7-4-8-12-18)19(13-24)27-23(21,29-22)16-25-14-17-9-5-3-6-10-17/h3-13,19-21H,14-16H2,1-2H3/t19-,20+,21-,23-/m0/s1. The van der Waals surface area contributed by atoms with Gasteiger partial charge >= 0.3 is 0 Å². The first-order valence-electron chi connectivity index (χ1n) is 9.80. The normalized spacial score (nSPS) is 30.2. The Balaban J connectivity index is 1.47. The number of hydrogen-bond acceptors (Lipinski definition) is 6. The lowest BCUT2D eigenvalue weighted by molar-refractivity contribution is -0.275. The highest BCUT2D eigenvalue weighted by atomic mass is 16.9. The molecular weight excluding hydrogens is 372 g/mol. The summed E-state index contributed by atoms with van der Waals surface area (Å²) in [5.41, 5.74) is 2.05. The molecule has 29 heavy (non-hydrogen) atoms. The molecule has 0 spiro atoms. The molecule has 0 aromatic heterocycles. The summed E-state index contributed by atoms with van der Waals surface area (Å²) in [6, 6.07) is 19.6. The Morgan fingerprint density at radius 1 is 0.931 bits per heavy atom. The van der Waals surface area contributed by atoms with Gasteiger partial charge in [0.05, 0.1) is 13.2 Å². The maximum absolute atomic E-state index is 11.7. The van der Waals surface area contributed by atoms with Crippen LogP contribution in [0.5, 0.6) is 0 Å². The third-order valence-electron chi connectivity index (χ3n) is 5.05. The van der Waals surface area contributed by atoms with Crippen LogP contribution in [0.3, 0.4) is 0 Å². The smallest absolute Gasteiger partial charge is 0.225 e. The molecule has 0 N–H and O–H groups in total. The third kappa shape index (κ3) is 4.42. The van der Waals surface area contributed by atoms with Gasteiger partial charge in [0.2, 0.25) is 5.79 Å². The number of ether oxygens (including phenoxy) is 5. The second-order valence-electron chi connectivity index (χ2n) is 7.81. The van der Waals surface area contributed by atoms with Gasteiger partial charge in [-0.3, -0.25) is 0 Å². The average Bonchev–Trinajstić information content (AvgIpc) is 3.14. The molecule has 2 aliphatic heterocycles. The molecule has 0 saturated carbocycles. The zero-order valence-corrected chi connectivity index (χ0v) is 16.7. The van der Waals surface area contributed by atoms with Gasteiger partial charge in [0, 0.05) is 0 Å². The summed E-state index contributed by atoms with van der Waals surface area (Å²) in [5.74, 6) is -2.06. The van der Waals surface area contributed by atoms with Crippen molar-refractivity contribution >= 4 is 6.29 Å².